The number of rotatable bonds is 7. The molecule has 0 unspecified atom stereocenters. The Bertz CT molecular complexity index is 1060. The van der Waals surface area contributed by atoms with Crippen molar-refractivity contribution in [2.45, 2.75) is 32.8 Å². The highest BCUT2D eigenvalue weighted by Crippen LogP contribution is 2.18. The second-order valence-electron chi connectivity index (χ2n) is 7.64. The molecule has 3 aromatic rings. The second kappa shape index (κ2) is 9.75. The molecule has 0 saturated carbocycles. The number of aromatic nitrogens is 1. The molecule has 7 heteroatoms. The van der Waals surface area contributed by atoms with Crippen LogP contribution in [0, 0.1) is 6.92 Å². The predicted molar refractivity (Wildman–Crippen MR) is 122 cm³/mol. The summed E-state index contributed by atoms with van der Waals surface area (Å²) in [6.45, 7) is 4.00. The lowest BCUT2D eigenvalue weighted by molar-refractivity contribution is -0.115. The molecule has 31 heavy (non-hydrogen) atoms. The van der Waals surface area contributed by atoms with Crippen LogP contribution in [0.4, 0.5) is 5.69 Å². The number of hydrogen-bond acceptors (Lipinski definition) is 5. The van der Waals surface area contributed by atoms with Gasteiger partial charge in [-0.1, -0.05) is 23.8 Å². The van der Waals surface area contributed by atoms with Gasteiger partial charge in [0.2, 0.25) is 5.91 Å². The van der Waals surface area contributed by atoms with E-state index in [0.29, 0.717) is 23.6 Å². The normalized spacial score (nSPS) is 13.3. The summed E-state index contributed by atoms with van der Waals surface area (Å²) in [7, 11) is 0. The highest BCUT2D eigenvalue weighted by molar-refractivity contribution is 7.09. The fraction of sp³-hybridized carbons (Fsp3) is 0.292. The molecule has 2 amide bonds. The Kier molecular flexibility index (Phi) is 6.62. The molecule has 0 bridgehead atoms. The molecule has 1 N–H and O–H groups in total. The average molecular weight is 436 g/mol. The molecule has 4 rings (SSSR count). The van der Waals surface area contributed by atoms with E-state index >= 15 is 0 Å². The smallest absolute Gasteiger partial charge is 0.253 e. The lowest BCUT2D eigenvalue weighted by Crippen LogP contribution is -2.27. The summed E-state index contributed by atoms with van der Waals surface area (Å²) in [5.41, 5.74) is 3.10. The predicted octanol–water partition coefficient (Wildman–Crippen LogP) is 4.45. The fourth-order valence-corrected chi connectivity index (χ4v) is 4.18. The Morgan fingerprint density at radius 2 is 1.90 bits per heavy atom. The highest BCUT2D eigenvalue weighted by Gasteiger charge is 2.19. The minimum Gasteiger partial charge on any atom is -0.486 e. The van der Waals surface area contributed by atoms with Crippen molar-refractivity contribution in [3.05, 3.63) is 75.7 Å². The Balaban J connectivity index is 1.30. The van der Waals surface area contributed by atoms with Crippen molar-refractivity contribution < 1.29 is 14.3 Å². The molecule has 0 spiro atoms. The zero-order valence-corrected chi connectivity index (χ0v) is 18.3. The molecule has 1 saturated heterocycles. The van der Waals surface area contributed by atoms with Crippen LogP contribution in [0.25, 0.3) is 0 Å². The first-order valence-electron chi connectivity index (χ1n) is 10.4. The van der Waals surface area contributed by atoms with E-state index in [9.17, 15) is 9.59 Å². The van der Waals surface area contributed by atoms with Gasteiger partial charge in [-0.15, -0.1) is 11.3 Å². The zero-order valence-electron chi connectivity index (χ0n) is 17.5. The zero-order chi connectivity index (χ0) is 21.6. The first kappa shape index (κ1) is 21.1. The maximum Gasteiger partial charge on any atom is 0.253 e. The molecule has 2 aromatic carbocycles. The maximum atomic E-state index is 12.6. The van der Waals surface area contributed by atoms with Crippen LogP contribution in [0.2, 0.25) is 0 Å². The number of amides is 2. The Morgan fingerprint density at radius 1 is 1.13 bits per heavy atom. The van der Waals surface area contributed by atoms with Crippen LogP contribution >= 0.6 is 11.3 Å². The van der Waals surface area contributed by atoms with Crippen LogP contribution in [-0.2, 0) is 17.8 Å². The van der Waals surface area contributed by atoms with E-state index in [-0.39, 0.29) is 18.2 Å². The second-order valence-corrected chi connectivity index (χ2v) is 8.58. The van der Waals surface area contributed by atoms with E-state index in [1.165, 1.54) is 16.9 Å². The van der Waals surface area contributed by atoms with E-state index in [0.717, 1.165) is 36.7 Å². The third-order valence-corrected chi connectivity index (χ3v) is 5.98. The molecular weight excluding hydrogens is 410 g/mol. The minimum absolute atomic E-state index is 0.0197. The number of carbonyl (C=O) groups is 2. The van der Waals surface area contributed by atoms with Crippen LogP contribution in [-0.4, -0.2) is 34.8 Å². The quantitative estimate of drug-likeness (QED) is 0.595. The van der Waals surface area contributed by atoms with Gasteiger partial charge in [0.25, 0.3) is 5.91 Å². The van der Waals surface area contributed by atoms with Crippen LogP contribution in [0.15, 0.2) is 53.9 Å². The van der Waals surface area contributed by atoms with Crippen molar-refractivity contribution in [1.29, 1.82) is 0 Å². The van der Waals surface area contributed by atoms with Gasteiger partial charge in [-0.2, -0.15) is 0 Å². The largest absolute Gasteiger partial charge is 0.486 e. The van der Waals surface area contributed by atoms with Crippen molar-refractivity contribution in [2.24, 2.45) is 0 Å². The van der Waals surface area contributed by atoms with Gasteiger partial charge in [-0.05, 0) is 50.1 Å². The summed E-state index contributed by atoms with van der Waals surface area (Å²) in [5, 5.41) is 5.57. The Morgan fingerprint density at radius 3 is 2.68 bits per heavy atom. The number of carbonyl (C=O) groups excluding carboxylic acids is 2. The van der Waals surface area contributed by atoms with Gasteiger partial charge in [0.05, 0.1) is 12.1 Å². The van der Waals surface area contributed by atoms with E-state index in [1.54, 1.807) is 24.3 Å². The third-order valence-electron chi connectivity index (χ3n) is 5.11. The number of ether oxygens (including phenoxy) is 1. The van der Waals surface area contributed by atoms with Gasteiger partial charge >= 0.3 is 0 Å². The number of nitrogens with one attached hydrogen (secondary N) is 1. The van der Waals surface area contributed by atoms with Gasteiger partial charge in [-0.3, -0.25) is 9.59 Å². The van der Waals surface area contributed by atoms with Crippen LogP contribution in [0.5, 0.6) is 5.75 Å². The van der Waals surface area contributed by atoms with Crippen molar-refractivity contribution in [3.63, 3.8) is 0 Å². The van der Waals surface area contributed by atoms with Crippen LogP contribution in [0.3, 0.4) is 0 Å². The summed E-state index contributed by atoms with van der Waals surface area (Å²) in [6, 6.07) is 15.0. The lowest BCUT2D eigenvalue weighted by atomic mass is 10.1. The lowest BCUT2D eigenvalue weighted by Gasteiger charge is -2.15. The first-order valence-corrected chi connectivity index (χ1v) is 11.3. The van der Waals surface area contributed by atoms with Gasteiger partial charge in [0.15, 0.2) is 0 Å². The number of thiazole rings is 1. The van der Waals surface area contributed by atoms with Crippen molar-refractivity contribution in [3.8, 4) is 5.75 Å². The highest BCUT2D eigenvalue weighted by atomic mass is 32.1. The van der Waals surface area contributed by atoms with Gasteiger partial charge in [0, 0.05) is 29.7 Å². The summed E-state index contributed by atoms with van der Waals surface area (Å²) in [5.74, 6) is 0.650. The standard InChI is InChI=1S/C24H25N3O3S/c1-17-7-9-21(10-8-17)30-15-23-26-20(16-31-23)14-22(28)25-19-6-4-5-18(13-19)24(29)27-11-2-3-12-27/h4-10,13,16H,2-3,11-12,14-15H2,1H3,(H,25,28). The van der Waals surface area contributed by atoms with Gasteiger partial charge in [-0.25, -0.2) is 4.98 Å². The van der Waals surface area contributed by atoms with Crippen molar-refractivity contribution in [1.82, 2.24) is 9.88 Å². The molecule has 0 aliphatic carbocycles. The molecule has 2 heterocycles. The molecule has 6 nitrogen and oxygen atoms in total. The van der Waals surface area contributed by atoms with E-state index in [4.69, 9.17) is 4.74 Å². The number of benzene rings is 2. The molecule has 1 fully saturated rings. The number of anilines is 1. The molecule has 160 valence electrons. The first-order chi connectivity index (χ1) is 15.1. The average Bonchev–Trinajstić information content (AvgIpc) is 3.45. The van der Waals surface area contributed by atoms with E-state index in [1.807, 2.05) is 41.5 Å². The molecule has 1 aromatic heterocycles. The number of aryl methyl sites for hydroxylation is 1. The summed E-state index contributed by atoms with van der Waals surface area (Å²) in [4.78, 5) is 31.4. The number of nitrogens with zero attached hydrogens (tertiary/aromatic N) is 2. The molecular formula is C24H25N3O3S. The minimum atomic E-state index is -0.165. The maximum absolute atomic E-state index is 12.6. The van der Waals surface area contributed by atoms with Crippen LogP contribution in [0.1, 0.15) is 39.5 Å². The Hall–Kier alpha value is -3.19. The van der Waals surface area contributed by atoms with Gasteiger partial charge in [0.1, 0.15) is 17.4 Å². The third kappa shape index (κ3) is 5.70. The fourth-order valence-electron chi connectivity index (χ4n) is 3.48. The number of likely N-dealkylation sites (tertiary alicyclic amines) is 1. The summed E-state index contributed by atoms with van der Waals surface area (Å²) < 4.78 is 5.75. The topological polar surface area (TPSA) is 71.5 Å². The Labute approximate surface area is 185 Å². The molecule has 1 aliphatic heterocycles. The SMILES string of the molecule is Cc1ccc(OCc2nc(CC(=O)Nc3cccc(C(=O)N4CCCC4)c3)cs2)cc1. The van der Waals surface area contributed by atoms with Crippen molar-refractivity contribution >= 4 is 28.8 Å². The monoisotopic (exact) mass is 435 g/mol. The van der Waals surface area contributed by atoms with E-state index < -0.39 is 0 Å². The summed E-state index contributed by atoms with van der Waals surface area (Å²) in [6.07, 6.45) is 2.27. The number of hydrogen-bond donors (Lipinski definition) is 1. The van der Waals surface area contributed by atoms with E-state index in [2.05, 4.69) is 10.3 Å². The molecule has 0 atom stereocenters. The van der Waals surface area contributed by atoms with Crippen LogP contribution < -0.4 is 10.1 Å². The van der Waals surface area contributed by atoms with Gasteiger partial charge < -0.3 is 15.0 Å². The molecule has 1 aliphatic rings. The van der Waals surface area contributed by atoms with Crippen molar-refractivity contribution in [2.75, 3.05) is 18.4 Å². The molecule has 0 radical (unpaired) electrons. The summed E-state index contributed by atoms with van der Waals surface area (Å²) >= 11 is 1.47.